The smallest absolute Gasteiger partial charge is 0.137 e. The second-order valence-electron chi connectivity index (χ2n) is 4.93. The van der Waals surface area contributed by atoms with Crippen LogP contribution < -0.4 is 5.73 Å². The van der Waals surface area contributed by atoms with Gasteiger partial charge in [0.05, 0.1) is 5.69 Å². The van der Waals surface area contributed by atoms with Gasteiger partial charge in [-0.05, 0) is 31.5 Å². The first-order valence-electron chi connectivity index (χ1n) is 6.46. The van der Waals surface area contributed by atoms with Gasteiger partial charge in [0, 0.05) is 23.5 Å². The number of aromatic nitrogens is 2. The molecule has 96 valence electrons. The van der Waals surface area contributed by atoms with E-state index in [-0.39, 0.29) is 6.04 Å². The van der Waals surface area contributed by atoms with Crippen molar-refractivity contribution in [2.75, 3.05) is 0 Å². The lowest BCUT2D eigenvalue weighted by Crippen LogP contribution is -2.04. The number of rotatable bonds is 2. The fraction of sp³-hybridized carbons (Fsp3) is 0.188. The zero-order chi connectivity index (χ0) is 13.4. The molecule has 0 bridgehead atoms. The van der Waals surface area contributed by atoms with Crippen LogP contribution in [-0.4, -0.2) is 9.38 Å². The van der Waals surface area contributed by atoms with Crippen molar-refractivity contribution in [1.82, 2.24) is 9.38 Å². The number of aryl methyl sites for hydroxylation is 1. The van der Waals surface area contributed by atoms with Gasteiger partial charge in [-0.1, -0.05) is 30.3 Å². The van der Waals surface area contributed by atoms with Gasteiger partial charge in [0.1, 0.15) is 5.65 Å². The molecule has 3 heteroatoms. The third-order valence-electron chi connectivity index (χ3n) is 3.43. The first kappa shape index (κ1) is 11.9. The van der Waals surface area contributed by atoms with Crippen LogP contribution in [0.4, 0.5) is 0 Å². The topological polar surface area (TPSA) is 43.3 Å². The minimum atomic E-state index is 0.0670. The summed E-state index contributed by atoms with van der Waals surface area (Å²) >= 11 is 0. The lowest BCUT2D eigenvalue weighted by molar-refractivity contribution is 0.818. The number of imidazole rings is 1. The van der Waals surface area contributed by atoms with Crippen LogP contribution in [0.15, 0.2) is 48.7 Å². The molecule has 0 saturated heterocycles. The number of nitrogens with zero attached hydrogens (tertiary/aromatic N) is 2. The van der Waals surface area contributed by atoms with Crippen molar-refractivity contribution in [3.63, 3.8) is 0 Å². The average Bonchev–Trinajstić information content (AvgIpc) is 2.84. The summed E-state index contributed by atoms with van der Waals surface area (Å²) in [5.74, 6) is 0. The fourth-order valence-corrected chi connectivity index (χ4v) is 2.24. The fourth-order valence-electron chi connectivity index (χ4n) is 2.24. The van der Waals surface area contributed by atoms with Crippen LogP contribution in [0.5, 0.6) is 0 Å². The molecule has 0 spiro atoms. The average molecular weight is 251 g/mol. The van der Waals surface area contributed by atoms with Crippen molar-refractivity contribution in [3.8, 4) is 11.3 Å². The second-order valence-corrected chi connectivity index (χ2v) is 4.93. The molecule has 1 unspecified atom stereocenters. The van der Waals surface area contributed by atoms with Gasteiger partial charge in [-0.2, -0.15) is 0 Å². The van der Waals surface area contributed by atoms with E-state index in [4.69, 9.17) is 5.73 Å². The Morgan fingerprint density at radius 1 is 1.11 bits per heavy atom. The number of benzene rings is 1. The Morgan fingerprint density at radius 3 is 2.47 bits per heavy atom. The van der Waals surface area contributed by atoms with Gasteiger partial charge in [-0.3, -0.25) is 0 Å². The molecule has 0 aliphatic rings. The minimum absolute atomic E-state index is 0.0670. The SMILES string of the molecule is Cc1cccc2nc(-c3ccc(C(C)N)cc3)cn12. The van der Waals surface area contributed by atoms with E-state index in [1.54, 1.807) is 0 Å². The summed E-state index contributed by atoms with van der Waals surface area (Å²) < 4.78 is 2.11. The molecule has 0 radical (unpaired) electrons. The molecule has 0 fully saturated rings. The van der Waals surface area contributed by atoms with Gasteiger partial charge in [-0.25, -0.2) is 4.98 Å². The monoisotopic (exact) mass is 251 g/mol. The van der Waals surface area contributed by atoms with E-state index in [0.29, 0.717) is 0 Å². The molecular weight excluding hydrogens is 234 g/mol. The van der Waals surface area contributed by atoms with Gasteiger partial charge >= 0.3 is 0 Å². The Bertz CT molecular complexity index is 708. The van der Waals surface area contributed by atoms with Crippen LogP contribution in [0, 0.1) is 6.92 Å². The number of nitrogens with two attached hydrogens (primary N) is 1. The highest BCUT2D eigenvalue weighted by molar-refractivity contribution is 5.63. The Hall–Kier alpha value is -2.13. The van der Waals surface area contributed by atoms with Gasteiger partial charge in [0.25, 0.3) is 0 Å². The highest BCUT2D eigenvalue weighted by Gasteiger charge is 2.06. The maximum Gasteiger partial charge on any atom is 0.137 e. The zero-order valence-electron chi connectivity index (χ0n) is 11.2. The van der Waals surface area contributed by atoms with E-state index in [1.807, 2.05) is 19.1 Å². The molecule has 3 nitrogen and oxygen atoms in total. The normalized spacial score (nSPS) is 12.8. The Morgan fingerprint density at radius 2 is 1.84 bits per heavy atom. The summed E-state index contributed by atoms with van der Waals surface area (Å²) in [5, 5.41) is 0. The predicted octanol–water partition coefficient (Wildman–Crippen LogP) is 3.33. The second kappa shape index (κ2) is 4.52. The van der Waals surface area contributed by atoms with E-state index < -0.39 is 0 Å². The first-order chi connectivity index (χ1) is 9.15. The molecule has 0 aliphatic heterocycles. The minimum Gasteiger partial charge on any atom is -0.324 e. The highest BCUT2D eigenvalue weighted by atomic mass is 15.0. The largest absolute Gasteiger partial charge is 0.324 e. The quantitative estimate of drug-likeness (QED) is 0.759. The van der Waals surface area contributed by atoms with Crippen LogP contribution in [0.25, 0.3) is 16.9 Å². The van der Waals surface area contributed by atoms with E-state index >= 15 is 0 Å². The summed E-state index contributed by atoms with van der Waals surface area (Å²) in [6.45, 7) is 4.07. The summed E-state index contributed by atoms with van der Waals surface area (Å²) in [5.41, 5.74) is 11.3. The van der Waals surface area contributed by atoms with Crippen molar-refractivity contribution < 1.29 is 0 Å². The summed E-state index contributed by atoms with van der Waals surface area (Å²) in [6.07, 6.45) is 2.07. The number of hydrogen-bond donors (Lipinski definition) is 1. The zero-order valence-corrected chi connectivity index (χ0v) is 11.2. The standard InChI is InChI=1S/C16H17N3/c1-11-4-3-5-16-18-15(10-19(11)16)14-8-6-13(7-9-14)12(2)17/h3-10,12H,17H2,1-2H3. The van der Waals surface area contributed by atoms with Gasteiger partial charge in [0.15, 0.2) is 0 Å². The third-order valence-corrected chi connectivity index (χ3v) is 3.43. The molecule has 3 rings (SSSR count). The molecule has 1 aromatic carbocycles. The number of fused-ring (bicyclic) bond motifs is 1. The van der Waals surface area contributed by atoms with Crippen molar-refractivity contribution in [1.29, 1.82) is 0 Å². The van der Waals surface area contributed by atoms with Crippen LogP contribution >= 0.6 is 0 Å². The van der Waals surface area contributed by atoms with Crippen LogP contribution in [-0.2, 0) is 0 Å². The van der Waals surface area contributed by atoms with Gasteiger partial charge < -0.3 is 10.1 Å². The summed E-state index contributed by atoms with van der Waals surface area (Å²) in [7, 11) is 0. The van der Waals surface area contributed by atoms with Crippen molar-refractivity contribution in [2.24, 2.45) is 5.73 Å². The summed E-state index contributed by atoms with van der Waals surface area (Å²) in [4.78, 5) is 4.65. The molecule has 19 heavy (non-hydrogen) atoms. The first-order valence-corrected chi connectivity index (χ1v) is 6.46. The van der Waals surface area contributed by atoms with Crippen molar-refractivity contribution in [2.45, 2.75) is 19.9 Å². The van der Waals surface area contributed by atoms with E-state index in [1.165, 1.54) is 5.69 Å². The molecule has 1 atom stereocenters. The lowest BCUT2D eigenvalue weighted by Gasteiger charge is -2.05. The molecule has 2 heterocycles. The van der Waals surface area contributed by atoms with Crippen LogP contribution in [0.3, 0.4) is 0 Å². The van der Waals surface area contributed by atoms with Crippen LogP contribution in [0.2, 0.25) is 0 Å². The van der Waals surface area contributed by atoms with Crippen molar-refractivity contribution >= 4 is 5.65 Å². The molecule has 0 amide bonds. The van der Waals surface area contributed by atoms with Gasteiger partial charge in [-0.15, -0.1) is 0 Å². The van der Waals surface area contributed by atoms with Gasteiger partial charge in [0.2, 0.25) is 0 Å². The maximum atomic E-state index is 5.86. The van der Waals surface area contributed by atoms with Crippen LogP contribution in [0.1, 0.15) is 24.2 Å². The van der Waals surface area contributed by atoms with E-state index in [9.17, 15) is 0 Å². The number of pyridine rings is 1. The highest BCUT2D eigenvalue weighted by Crippen LogP contribution is 2.21. The molecule has 3 aromatic rings. The Balaban J connectivity index is 2.06. The maximum absolute atomic E-state index is 5.86. The predicted molar refractivity (Wildman–Crippen MR) is 78.0 cm³/mol. The number of hydrogen-bond acceptors (Lipinski definition) is 2. The molecular formula is C16H17N3. The molecule has 2 aromatic heterocycles. The third kappa shape index (κ3) is 2.13. The summed E-state index contributed by atoms with van der Waals surface area (Å²) in [6, 6.07) is 14.5. The molecule has 0 aliphatic carbocycles. The Labute approximate surface area is 112 Å². The van der Waals surface area contributed by atoms with E-state index in [2.05, 4.69) is 52.8 Å². The lowest BCUT2D eigenvalue weighted by atomic mass is 10.1. The van der Waals surface area contributed by atoms with E-state index in [0.717, 1.165) is 22.5 Å². The van der Waals surface area contributed by atoms with Crippen molar-refractivity contribution in [3.05, 3.63) is 59.9 Å². The molecule has 2 N–H and O–H groups in total. The molecule has 0 saturated carbocycles. The Kier molecular flexibility index (Phi) is 2.84.